The van der Waals surface area contributed by atoms with Gasteiger partial charge in [-0.05, 0) is 24.3 Å². The van der Waals surface area contributed by atoms with Crippen LogP contribution in [0.1, 0.15) is 33.4 Å². The monoisotopic (exact) mass is 251 g/mol. The summed E-state index contributed by atoms with van der Waals surface area (Å²) in [4.78, 5) is 14.5. The van der Waals surface area contributed by atoms with E-state index in [1.54, 1.807) is 13.0 Å². The Balaban J connectivity index is 2.76. The van der Waals surface area contributed by atoms with Crippen molar-refractivity contribution in [2.75, 3.05) is 11.9 Å². The average Bonchev–Trinajstić information content (AvgIpc) is 2.25. The maximum Gasteiger partial charge on any atom is 0.290 e. The van der Waals surface area contributed by atoms with Gasteiger partial charge in [-0.25, -0.2) is 4.98 Å². The highest BCUT2D eigenvalue weighted by molar-refractivity contribution is 5.44. The molecular formula is C13H21N3O2. The Bertz CT molecular complexity index is 442. The van der Waals surface area contributed by atoms with Crippen molar-refractivity contribution in [3.8, 4) is 0 Å². The van der Waals surface area contributed by atoms with Crippen LogP contribution in [0.4, 0.5) is 11.5 Å². The SMILES string of the molecule is Cc1nc(NCC(C)(C)C(C)C)ccc1[N+](=O)[O-]. The molecule has 1 rings (SSSR count). The predicted octanol–water partition coefficient (Wildman–Crippen LogP) is 3.39. The standard InChI is InChI=1S/C13H21N3O2/c1-9(2)13(4,5)8-14-12-7-6-11(16(17)18)10(3)15-12/h6-7,9H,8H2,1-5H3,(H,14,15). The molecule has 0 amide bonds. The molecule has 0 fully saturated rings. The summed E-state index contributed by atoms with van der Waals surface area (Å²) < 4.78 is 0. The van der Waals surface area contributed by atoms with E-state index in [1.165, 1.54) is 6.07 Å². The largest absolute Gasteiger partial charge is 0.370 e. The molecule has 1 aromatic rings. The topological polar surface area (TPSA) is 68.1 Å². The summed E-state index contributed by atoms with van der Waals surface area (Å²) in [5, 5.41) is 13.9. The van der Waals surface area contributed by atoms with Gasteiger partial charge in [0.15, 0.2) is 0 Å². The van der Waals surface area contributed by atoms with Gasteiger partial charge in [-0.2, -0.15) is 0 Å². The molecule has 0 bridgehead atoms. The van der Waals surface area contributed by atoms with Crippen molar-refractivity contribution in [3.63, 3.8) is 0 Å². The van der Waals surface area contributed by atoms with Crippen molar-refractivity contribution in [3.05, 3.63) is 27.9 Å². The molecule has 0 aromatic carbocycles. The Hall–Kier alpha value is -1.65. The Morgan fingerprint density at radius 2 is 2.06 bits per heavy atom. The van der Waals surface area contributed by atoms with Gasteiger partial charge in [0.05, 0.1) is 4.92 Å². The van der Waals surface area contributed by atoms with Crippen LogP contribution in [0, 0.1) is 28.4 Å². The second kappa shape index (κ2) is 5.33. The van der Waals surface area contributed by atoms with Crippen LogP contribution in [0.5, 0.6) is 0 Å². The lowest BCUT2D eigenvalue weighted by Gasteiger charge is -2.29. The molecule has 0 aliphatic carbocycles. The van der Waals surface area contributed by atoms with E-state index >= 15 is 0 Å². The first-order chi connectivity index (χ1) is 8.24. The molecule has 1 heterocycles. The molecule has 5 heteroatoms. The molecule has 0 spiro atoms. The van der Waals surface area contributed by atoms with E-state index in [9.17, 15) is 10.1 Å². The third-order valence-electron chi connectivity index (χ3n) is 3.54. The van der Waals surface area contributed by atoms with Gasteiger partial charge in [0.25, 0.3) is 5.69 Å². The van der Waals surface area contributed by atoms with Crippen LogP contribution in [-0.2, 0) is 0 Å². The van der Waals surface area contributed by atoms with Gasteiger partial charge in [0.2, 0.25) is 0 Å². The predicted molar refractivity (Wildman–Crippen MR) is 72.7 cm³/mol. The smallest absolute Gasteiger partial charge is 0.290 e. The highest BCUT2D eigenvalue weighted by atomic mass is 16.6. The number of nitrogens with zero attached hydrogens (tertiary/aromatic N) is 2. The van der Waals surface area contributed by atoms with Crippen LogP contribution in [0.25, 0.3) is 0 Å². The highest BCUT2D eigenvalue weighted by Gasteiger charge is 2.22. The fourth-order valence-corrected chi connectivity index (χ4v) is 1.37. The molecule has 1 aromatic heterocycles. The number of hydrogen-bond donors (Lipinski definition) is 1. The van der Waals surface area contributed by atoms with Crippen molar-refractivity contribution in [1.82, 2.24) is 4.98 Å². The van der Waals surface area contributed by atoms with Crippen molar-refractivity contribution in [2.24, 2.45) is 11.3 Å². The quantitative estimate of drug-likeness (QED) is 0.643. The molecule has 18 heavy (non-hydrogen) atoms. The minimum Gasteiger partial charge on any atom is -0.370 e. The van der Waals surface area contributed by atoms with E-state index in [4.69, 9.17) is 0 Å². The molecule has 100 valence electrons. The number of nitro groups is 1. The van der Waals surface area contributed by atoms with E-state index in [0.717, 1.165) is 6.54 Å². The third kappa shape index (κ3) is 3.42. The molecular weight excluding hydrogens is 230 g/mol. The van der Waals surface area contributed by atoms with Gasteiger partial charge in [-0.3, -0.25) is 10.1 Å². The zero-order valence-electron chi connectivity index (χ0n) is 11.7. The van der Waals surface area contributed by atoms with Crippen molar-refractivity contribution in [1.29, 1.82) is 0 Å². The summed E-state index contributed by atoms with van der Waals surface area (Å²) in [7, 11) is 0. The zero-order valence-corrected chi connectivity index (χ0v) is 11.7. The first kappa shape index (κ1) is 14.4. The lowest BCUT2D eigenvalue weighted by atomic mass is 9.81. The normalized spacial score (nSPS) is 11.7. The molecule has 5 nitrogen and oxygen atoms in total. The average molecular weight is 251 g/mol. The first-order valence-electron chi connectivity index (χ1n) is 6.10. The Morgan fingerprint density at radius 1 is 1.44 bits per heavy atom. The van der Waals surface area contributed by atoms with Crippen LogP contribution in [-0.4, -0.2) is 16.5 Å². The molecule has 0 saturated heterocycles. The minimum atomic E-state index is -0.413. The van der Waals surface area contributed by atoms with E-state index < -0.39 is 4.92 Å². The number of aryl methyl sites for hydroxylation is 1. The molecule has 0 aliphatic rings. The van der Waals surface area contributed by atoms with Crippen molar-refractivity contribution in [2.45, 2.75) is 34.6 Å². The van der Waals surface area contributed by atoms with Crippen molar-refractivity contribution >= 4 is 11.5 Å². The van der Waals surface area contributed by atoms with Crippen LogP contribution >= 0.6 is 0 Å². The fraction of sp³-hybridized carbons (Fsp3) is 0.615. The van der Waals surface area contributed by atoms with Gasteiger partial charge in [-0.1, -0.05) is 27.7 Å². The lowest BCUT2D eigenvalue weighted by Crippen LogP contribution is -2.28. The van der Waals surface area contributed by atoms with Crippen LogP contribution in [0.2, 0.25) is 0 Å². The first-order valence-corrected chi connectivity index (χ1v) is 6.10. The van der Waals surface area contributed by atoms with Gasteiger partial charge in [0.1, 0.15) is 11.5 Å². The molecule has 0 unspecified atom stereocenters. The summed E-state index contributed by atoms with van der Waals surface area (Å²) in [6.45, 7) is 11.2. The van der Waals surface area contributed by atoms with E-state index in [-0.39, 0.29) is 11.1 Å². The number of aromatic nitrogens is 1. The molecule has 0 radical (unpaired) electrons. The van der Waals surface area contributed by atoms with Gasteiger partial charge < -0.3 is 5.32 Å². The lowest BCUT2D eigenvalue weighted by molar-refractivity contribution is -0.385. The number of nitrogens with one attached hydrogen (secondary N) is 1. The van der Waals surface area contributed by atoms with Crippen LogP contribution < -0.4 is 5.32 Å². The van der Waals surface area contributed by atoms with E-state index in [2.05, 4.69) is 38.0 Å². The summed E-state index contributed by atoms with van der Waals surface area (Å²) in [5.41, 5.74) is 0.646. The Morgan fingerprint density at radius 3 is 2.50 bits per heavy atom. The Labute approximate surface area is 108 Å². The molecule has 1 N–H and O–H groups in total. The minimum absolute atomic E-state index is 0.0590. The number of pyridine rings is 1. The summed E-state index contributed by atoms with van der Waals surface area (Å²) in [6.07, 6.45) is 0. The van der Waals surface area contributed by atoms with E-state index in [0.29, 0.717) is 17.4 Å². The van der Waals surface area contributed by atoms with Gasteiger partial charge in [0, 0.05) is 12.6 Å². The Kier molecular flexibility index (Phi) is 4.27. The molecule has 0 aliphatic heterocycles. The van der Waals surface area contributed by atoms with E-state index in [1.807, 2.05) is 0 Å². The number of rotatable bonds is 5. The van der Waals surface area contributed by atoms with Gasteiger partial charge in [-0.15, -0.1) is 0 Å². The fourth-order valence-electron chi connectivity index (χ4n) is 1.37. The van der Waals surface area contributed by atoms with Gasteiger partial charge >= 0.3 is 0 Å². The summed E-state index contributed by atoms with van der Waals surface area (Å²) >= 11 is 0. The van der Waals surface area contributed by atoms with Crippen LogP contribution in [0.15, 0.2) is 12.1 Å². The number of hydrogen-bond acceptors (Lipinski definition) is 4. The summed E-state index contributed by atoms with van der Waals surface area (Å²) in [6, 6.07) is 3.15. The second-order valence-corrected chi connectivity index (χ2v) is 5.55. The zero-order chi connectivity index (χ0) is 13.9. The summed E-state index contributed by atoms with van der Waals surface area (Å²) in [5.74, 6) is 1.23. The highest BCUT2D eigenvalue weighted by Crippen LogP contribution is 2.26. The number of anilines is 1. The molecule has 0 atom stereocenters. The maximum absolute atomic E-state index is 10.7. The third-order valence-corrected chi connectivity index (χ3v) is 3.54. The second-order valence-electron chi connectivity index (χ2n) is 5.55. The van der Waals surface area contributed by atoms with Crippen molar-refractivity contribution < 1.29 is 4.92 Å². The maximum atomic E-state index is 10.7. The molecule has 0 saturated carbocycles. The van der Waals surface area contributed by atoms with Crippen LogP contribution in [0.3, 0.4) is 0 Å².